The second kappa shape index (κ2) is 7.20. The Hall–Kier alpha value is -1.31. The van der Waals surface area contributed by atoms with Crippen LogP contribution in [0.4, 0.5) is 0 Å². The summed E-state index contributed by atoms with van der Waals surface area (Å²) < 4.78 is 5.71. The molecule has 0 bridgehead atoms. The fraction of sp³-hybridized carbons (Fsp3) is 0.562. The average Bonchev–Trinajstić information content (AvgIpc) is 2.33. The third-order valence-electron chi connectivity index (χ3n) is 3.29. The lowest BCUT2D eigenvalue weighted by Gasteiger charge is -2.14. The van der Waals surface area contributed by atoms with Gasteiger partial charge in [-0.05, 0) is 62.8 Å². The van der Waals surface area contributed by atoms with Crippen LogP contribution in [0, 0.1) is 13.8 Å². The molecule has 18 heavy (non-hydrogen) atoms. The maximum absolute atomic E-state index is 10.9. The van der Waals surface area contributed by atoms with Gasteiger partial charge in [0.2, 0.25) is 0 Å². The summed E-state index contributed by atoms with van der Waals surface area (Å²) in [6.45, 7) is 8.77. The Labute approximate surface area is 110 Å². The van der Waals surface area contributed by atoms with Crippen LogP contribution in [0.15, 0.2) is 12.1 Å². The van der Waals surface area contributed by atoms with Crippen molar-refractivity contribution in [2.45, 2.75) is 53.4 Å². The molecule has 1 aromatic carbocycles. The molecule has 0 aliphatic carbocycles. The quantitative estimate of drug-likeness (QED) is 0.729. The number of ether oxygens (including phenoxy) is 1. The van der Waals surface area contributed by atoms with Gasteiger partial charge < -0.3 is 9.53 Å². The number of ketones is 1. The van der Waals surface area contributed by atoms with Crippen LogP contribution in [0.25, 0.3) is 0 Å². The third-order valence-corrected chi connectivity index (χ3v) is 3.29. The minimum atomic E-state index is 0.271. The summed E-state index contributed by atoms with van der Waals surface area (Å²) in [5.74, 6) is 1.26. The van der Waals surface area contributed by atoms with Crippen molar-refractivity contribution >= 4 is 5.78 Å². The van der Waals surface area contributed by atoms with Crippen molar-refractivity contribution in [2.24, 2.45) is 0 Å². The number of aryl methyl sites for hydroxylation is 1. The predicted octanol–water partition coefficient (Wildman–Crippen LogP) is 4.00. The van der Waals surface area contributed by atoms with Gasteiger partial charge in [0.1, 0.15) is 11.5 Å². The first-order chi connectivity index (χ1) is 8.56. The lowest BCUT2D eigenvalue weighted by atomic mass is 9.98. The smallest absolute Gasteiger partial charge is 0.129 e. The minimum Gasteiger partial charge on any atom is -0.493 e. The highest BCUT2D eigenvalue weighted by Crippen LogP contribution is 2.25. The molecule has 0 aliphatic rings. The van der Waals surface area contributed by atoms with E-state index in [1.807, 2.05) is 0 Å². The predicted molar refractivity (Wildman–Crippen MR) is 75.3 cm³/mol. The molecule has 0 amide bonds. The van der Waals surface area contributed by atoms with Crippen molar-refractivity contribution in [3.05, 3.63) is 28.8 Å². The highest BCUT2D eigenvalue weighted by molar-refractivity contribution is 5.75. The van der Waals surface area contributed by atoms with Crippen molar-refractivity contribution in [3.8, 4) is 5.75 Å². The van der Waals surface area contributed by atoms with Crippen LogP contribution in [0.3, 0.4) is 0 Å². The zero-order valence-electron chi connectivity index (χ0n) is 12.0. The number of hydrogen-bond donors (Lipinski definition) is 0. The topological polar surface area (TPSA) is 26.3 Å². The lowest BCUT2D eigenvalue weighted by Crippen LogP contribution is -2.01. The molecule has 1 rings (SSSR count). The molecule has 0 aliphatic heterocycles. The van der Waals surface area contributed by atoms with Crippen molar-refractivity contribution in [1.29, 1.82) is 0 Å². The summed E-state index contributed by atoms with van der Waals surface area (Å²) >= 11 is 0. The molecule has 0 heterocycles. The molecule has 1 aromatic rings. The first-order valence-corrected chi connectivity index (χ1v) is 6.77. The van der Waals surface area contributed by atoms with Gasteiger partial charge >= 0.3 is 0 Å². The molecular formula is C16H24O2. The van der Waals surface area contributed by atoms with Crippen LogP contribution in [0.2, 0.25) is 0 Å². The minimum absolute atomic E-state index is 0.271. The fourth-order valence-corrected chi connectivity index (χ4v) is 2.02. The second-order valence-electron chi connectivity index (χ2n) is 4.88. The monoisotopic (exact) mass is 248 g/mol. The molecule has 0 atom stereocenters. The van der Waals surface area contributed by atoms with E-state index in [1.54, 1.807) is 6.92 Å². The lowest BCUT2D eigenvalue weighted by molar-refractivity contribution is -0.117. The van der Waals surface area contributed by atoms with Gasteiger partial charge in [0.15, 0.2) is 0 Å². The van der Waals surface area contributed by atoms with Crippen molar-refractivity contribution in [1.82, 2.24) is 0 Å². The van der Waals surface area contributed by atoms with E-state index in [-0.39, 0.29) is 5.78 Å². The number of carbonyl (C=O) groups is 1. The van der Waals surface area contributed by atoms with Gasteiger partial charge in [0, 0.05) is 6.42 Å². The molecule has 0 spiro atoms. The van der Waals surface area contributed by atoms with E-state index in [4.69, 9.17) is 4.74 Å². The van der Waals surface area contributed by atoms with Gasteiger partial charge in [-0.25, -0.2) is 0 Å². The van der Waals surface area contributed by atoms with Crippen LogP contribution in [-0.2, 0) is 11.2 Å². The molecule has 2 heteroatoms. The van der Waals surface area contributed by atoms with Gasteiger partial charge in [-0.2, -0.15) is 0 Å². The van der Waals surface area contributed by atoms with Crippen molar-refractivity contribution < 1.29 is 9.53 Å². The van der Waals surface area contributed by atoms with Crippen LogP contribution < -0.4 is 4.74 Å². The fourth-order valence-electron chi connectivity index (χ4n) is 2.02. The van der Waals surface area contributed by atoms with E-state index >= 15 is 0 Å². The third kappa shape index (κ3) is 4.17. The molecular weight excluding hydrogens is 224 g/mol. The standard InChI is InChI=1S/C16H24O2/c1-5-11-18-16-10-9-15(13(3)14(16)4)8-6-7-12(2)17/h9-10H,5-8,11H2,1-4H3. The Balaban J connectivity index is 2.71. The number of benzene rings is 1. The van der Waals surface area contributed by atoms with E-state index < -0.39 is 0 Å². The zero-order chi connectivity index (χ0) is 13.5. The molecule has 0 unspecified atom stereocenters. The van der Waals surface area contributed by atoms with Crippen LogP contribution in [-0.4, -0.2) is 12.4 Å². The molecule has 0 aromatic heterocycles. The number of carbonyl (C=O) groups excluding carboxylic acids is 1. The van der Waals surface area contributed by atoms with Crippen molar-refractivity contribution in [3.63, 3.8) is 0 Å². The van der Waals surface area contributed by atoms with Gasteiger partial charge in [0.05, 0.1) is 6.61 Å². The Kier molecular flexibility index (Phi) is 5.90. The highest BCUT2D eigenvalue weighted by Gasteiger charge is 2.07. The number of hydrogen-bond acceptors (Lipinski definition) is 2. The van der Waals surface area contributed by atoms with Gasteiger partial charge in [0.25, 0.3) is 0 Å². The number of Topliss-reactive ketones (excluding diaryl/α,β-unsaturated/α-hetero) is 1. The summed E-state index contributed by atoms with van der Waals surface area (Å²) in [4.78, 5) is 10.9. The van der Waals surface area contributed by atoms with Gasteiger partial charge in [-0.3, -0.25) is 0 Å². The normalized spacial score (nSPS) is 10.4. The Morgan fingerprint density at radius 1 is 1.22 bits per heavy atom. The Bertz CT molecular complexity index is 408. The Morgan fingerprint density at radius 2 is 1.94 bits per heavy atom. The number of rotatable bonds is 7. The summed E-state index contributed by atoms with van der Waals surface area (Å²) in [6, 6.07) is 4.19. The summed E-state index contributed by atoms with van der Waals surface area (Å²) in [5, 5.41) is 0. The molecule has 0 saturated carbocycles. The van der Waals surface area contributed by atoms with E-state index in [0.717, 1.165) is 31.6 Å². The largest absolute Gasteiger partial charge is 0.493 e. The Morgan fingerprint density at radius 3 is 2.56 bits per heavy atom. The zero-order valence-corrected chi connectivity index (χ0v) is 12.0. The molecule has 0 fully saturated rings. The van der Waals surface area contributed by atoms with E-state index in [2.05, 4.69) is 32.9 Å². The first-order valence-electron chi connectivity index (χ1n) is 6.77. The highest BCUT2D eigenvalue weighted by atomic mass is 16.5. The van der Waals surface area contributed by atoms with Crippen LogP contribution >= 0.6 is 0 Å². The summed E-state index contributed by atoms with van der Waals surface area (Å²) in [7, 11) is 0. The molecule has 0 radical (unpaired) electrons. The maximum atomic E-state index is 10.9. The molecule has 100 valence electrons. The van der Waals surface area contributed by atoms with Crippen LogP contribution in [0.1, 0.15) is 49.8 Å². The van der Waals surface area contributed by atoms with E-state index in [1.165, 1.54) is 16.7 Å². The maximum Gasteiger partial charge on any atom is 0.129 e. The summed E-state index contributed by atoms with van der Waals surface area (Å²) in [5.41, 5.74) is 3.86. The van der Waals surface area contributed by atoms with E-state index in [9.17, 15) is 4.79 Å². The van der Waals surface area contributed by atoms with E-state index in [0.29, 0.717) is 6.42 Å². The molecule has 0 N–H and O–H groups in total. The van der Waals surface area contributed by atoms with Crippen molar-refractivity contribution in [2.75, 3.05) is 6.61 Å². The first kappa shape index (κ1) is 14.7. The van der Waals surface area contributed by atoms with Gasteiger partial charge in [-0.1, -0.05) is 13.0 Å². The average molecular weight is 248 g/mol. The molecule has 2 nitrogen and oxygen atoms in total. The second-order valence-corrected chi connectivity index (χ2v) is 4.88. The van der Waals surface area contributed by atoms with Crippen LogP contribution in [0.5, 0.6) is 5.75 Å². The molecule has 0 saturated heterocycles. The SMILES string of the molecule is CCCOc1ccc(CCCC(C)=O)c(C)c1C. The van der Waals surface area contributed by atoms with Gasteiger partial charge in [-0.15, -0.1) is 0 Å². The summed E-state index contributed by atoms with van der Waals surface area (Å²) in [6.07, 6.45) is 3.61.